The van der Waals surface area contributed by atoms with Crippen LogP contribution in [0.2, 0.25) is 0 Å². The van der Waals surface area contributed by atoms with Crippen LogP contribution in [0.4, 0.5) is 0 Å². The Morgan fingerprint density at radius 1 is 1.14 bits per heavy atom. The van der Waals surface area contributed by atoms with Crippen LogP contribution in [0.15, 0.2) is 12.1 Å². The molecular formula is C13H16O. The molecule has 1 heteroatoms. The molecule has 1 nitrogen and oxygen atoms in total. The molecule has 0 N–H and O–H groups in total. The summed E-state index contributed by atoms with van der Waals surface area (Å²) in [5, 5.41) is 0. The van der Waals surface area contributed by atoms with Gasteiger partial charge in [0.25, 0.3) is 0 Å². The van der Waals surface area contributed by atoms with Crippen molar-refractivity contribution in [3.05, 3.63) is 34.4 Å². The standard InChI is InChI=1S/C13H16O/c1-5-14-7-6-13-11(3)8-10(2)9-12(13)4/h8-9H,5H2,1-4H3. The van der Waals surface area contributed by atoms with E-state index < -0.39 is 0 Å². The molecule has 1 aromatic carbocycles. The van der Waals surface area contributed by atoms with Crippen LogP contribution in [-0.2, 0) is 4.74 Å². The van der Waals surface area contributed by atoms with Crippen molar-refractivity contribution in [2.24, 2.45) is 0 Å². The molecule has 0 heterocycles. The van der Waals surface area contributed by atoms with E-state index in [1.54, 1.807) is 0 Å². The molecule has 0 aliphatic carbocycles. The number of aryl methyl sites for hydroxylation is 3. The predicted molar refractivity (Wildman–Crippen MR) is 59.2 cm³/mol. The van der Waals surface area contributed by atoms with Gasteiger partial charge < -0.3 is 4.74 Å². The summed E-state index contributed by atoms with van der Waals surface area (Å²) < 4.78 is 5.02. The summed E-state index contributed by atoms with van der Waals surface area (Å²) in [6.45, 7) is 8.83. The Morgan fingerprint density at radius 3 is 2.21 bits per heavy atom. The van der Waals surface area contributed by atoms with Crippen LogP contribution in [0.5, 0.6) is 0 Å². The molecule has 0 aliphatic heterocycles. The summed E-state index contributed by atoms with van der Waals surface area (Å²) in [5.74, 6) is 3.04. The lowest BCUT2D eigenvalue weighted by molar-refractivity contribution is 0.299. The lowest BCUT2D eigenvalue weighted by Crippen LogP contribution is -1.90. The van der Waals surface area contributed by atoms with E-state index >= 15 is 0 Å². The van der Waals surface area contributed by atoms with Gasteiger partial charge in [-0.05, 0) is 44.7 Å². The molecule has 74 valence electrons. The van der Waals surface area contributed by atoms with E-state index in [9.17, 15) is 0 Å². The average molecular weight is 188 g/mol. The number of hydrogen-bond acceptors (Lipinski definition) is 1. The number of rotatable bonds is 1. The zero-order valence-corrected chi connectivity index (χ0v) is 9.27. The average Bonchev–Trinajstić information content (AvgIpc) is 2.09. The van der Waals surface area contributed by atoms with Gasteiger partial charge in [-0.2, -0.15) is 0 Å². The molecular weight excluding hydrogens is 172 g/mol. The monoisotopic (exact) mass is 188 g/mol. The number of hydrogen-bond donors (Lipinski definition) is 0. The Labute approximate surface area is 86.1 Å². The van der Waals surface area contributed by atoms with E-state index in [1.807, 2.05) is 6.92 Å². The second kappa shape index (κ2) is 4.72. The molecule has 14 heavy (non-hydrogen) atoms. The first-order valence-electron chi connectivity index (χ1n) is 4.85. The summed E-state index contributed by atoms with van der Waals surface area (Å²) in [4.78, 5) is 0. The quantitative estimate of drug-likeness (QED) is 0.616. The van der Waals surface area contributed by atoms with E-state index in [4.69, 9.17) is 4.74 Å². The first kappa shape index (κ1) is 10.7. The highest BCUT2D eigenvalue weighted by Crippen LogP contribution is 2.14. The number of benzene rings is 1. The fraction of sp³-hybridized carbons (Fsp3) is 0.385. The second-order valence-corrected chi connectivity index (χ2v) is 3.43. The van der Waals surface area contributed by atoms with Crippen LogP contribution in [-0.4, -0.2) is 6.61 Å². The first-order chi connectivity index (χ1) is 6.65. The summed E-state index contributed by atoms with van der Waals surface area (Å²) in [5.41, 5.74) is 4.80. The summed E-state index contributed by atoms with van der Waals surface area (Å²) in [7, 11) is 0. The van der Waals surface area contributed by atoms with Crippen LogP contribution in [0, 0.1) is 32.8 Å². The maximum absolute atomic E-state index is 5.02. The molecule has 1 rings (SSSR count). The van der Waals surface area contributed by atoms with Crippen LogP contribution >= 0.6 is 0 Å². The van der Waals surface area contributed by atoms with Crippen LogP contribution < -0.4 is 0 Å². The molecule has 0 saturated heterocycles. The molecule has 0 aliphatic rings. The van der Waals surface area contributed by atoms with Crippen LogP contribution in [0.1, 0.15) is 29.2 Å². The number of ether oxygens (including phenoxy) is 1. The van der Waals surface area contributed by atoms with Crippen LogP contribution in [0.3, 0.4) is 0 Å². The van der Waals surface area contributed by atoms with Gasteiger partial charge in [-0.3, -0.25) is 0 Å². The van der Waals surface area contributed by atoms with Crippen LogP contribution in [0.25, 0.3) is 0 Å². The molecule has 0 spiro atoms. The van der Waals surface area contributed by atoms with Crippen molar-refractivity contribution >= 4 is 0 Å². The van der Waals surface area contributed by atoms with Gasteiger partial charge in [-0.15, -0.1) is 0 Å². The maximum Gasteiger partial charge on any atom is 0.115 e. The Balaban J connectivity index is 3.04. The van der Waals surface area contributed by atoms with Crippen molar-refractivity contribution in [1.82, 2.24) is 0 Å². The molecule has 1 aromatic rings. The molecule has 0 radical (unpaired) electrons. The minimum Gasteiger partial charge on any atom is -0.447 e. The molecule has 0 aromatic heterocycles. The van der Waals surface area contributed by atoms with Crippen molar-refractivity contribution in [2.75, 3.05) is 6.61 Å². The van der Waals surface area contributed by atoms with Gasteiger partial charge in [0.1, 0.15) is 6.11 Å². The third kappa shape index (κ3) is 2.53. The highest BCUT2D eigenvalue weighted by molar-refractivity contribution is 5.47. The second-order valence-electron chi connectivity index (χ2n) is 3.43. The fourth-order valence-electron chi connectivity index (χ4n) is 1.54. The van der Waals surface area contributed by atoms with Gasteiger partial charge in [0.05, 0.1) is 6.61 Å². The summed E-state index contributed by atoms with van der Waals surface area (Å²) >= 11 is 0. The van der Waals surface area contributed by atoms with E-state index in [1.165, 1.54) is 16.7 Å². The molecule has 0 unspecified atom stereocenters. The van der Waals surface area contributed by atoms with Crippen molar-refractivity contribution in [2.45, 2.75) is 27.7 Å². The third-order valence-corrected chi connectivity index (χ3v) is 2.07. The smallest absolute Gasteiger partial charge is 0.115 e. The van der Waals surface area contributed by atoms with E-state index in [0.717, 1.165) is 5.56 Å². The molecule has 0 fully saturated rings. The minimum atomic E-state index is 0.636. The van der Waals surface area contributed by atoms with Gasteiger partial charge in [0, 0.05) is 5.56 Å². The van der Waals surface area contributed by atoms with E-state index in [-0.39, 0.29) is 0 Å². The van der Waals surface area contributed by atoms with Crippen molar-refractivity contribution in [1.29, 1.82) is 0 Å². The SMILES string of the molecule is CCOC#Cc1c(C)cc(C)cc1C. The molecule has 0 amide bonds. The fourth-order valence-corrected chi connectivity index (χ4v) is 1.54. The van der Waals surface area contributed by atoms with Gasteiger partial charge in [-0.1, -0.05) is 17.7 Å². The Hall–Kier alpha value is -1.42. The van der Waals surface area contributed by atoms with Crippen molar-refractivity contribution in [3.63, 3.8) is 0 Å². The normalized spacial score (nSPS) is 9.14. The zero-order valence-electron chi connectivity index (χ0n) is 9.27. The van der Waals surface area contributed by atoms with E-state index in [2.05, 4.69) is 44.9 Å². The third-order valence-electron chi connectivity index (χ3n) is 2.07. The lowest BCUT2D eigenvalue weighted by Gasteiger charge is -2.04. The predicted octanol–water partition coefficient (Wildman–Crippen LogP) is 2.96. The van der Waals surface area contributed by atoms with Gasteiger partial charge in [-0.25, -0.2) is 0 Å². The molecule has 0 atom stereocenters. The molecule has 0 saturated carbocycles. The Kier molecular flexibility index (Phi) is 3.59. The Morgan fingerprint density at radius 2 is 1.71 bits per heavy atom. The summed E-state index contributed by atoms with van der Waals surface area (Å²) in [6, 6.07) is 4.28. The lowest BCUT2D eigenvalue weighted by atomic mass is 10.0. The zero-order chi connectivity index (χ0) is 10.6. The van der Waals surface area contributed by atoms with Gasteiger partial charge in [0.15, 0.2) is 0 Å². The minimum absolute atomic E-state index is 0.636. The largest absolute Gasteiger partial charge is 0.447 e. The first-order valence-corrected chi connectivity index (χ1v) is 4.85. The van der Waals surface area contributed by atoms with E-state index in [0.29, 0.717) is 6.61 Å². The van der Waals surface area contributed by atoms with Crippen molar-refractivity contribution in [3.8, 4) is 12.0 Å². The topological polar surface area (TPSA) is 9.23 Å². The highest BCUT2D eigenvalue weighted by Gasteiger charge is 1.99. The van der Waals surface area contributed by atoms with Gasteiger partial charge in [0.2, 0.25) is 0 Å². The highest BCUT2D eigenvalue weighted by atomic mass is 16.5. The Bertz CT molecular complexity index is 357. The molecule has 0 bridgehead atoms. The summed E-state index contributed by atoms with van der Waals surface area (Å²) in [6.07, 6.45) is 2.70. The maximum atomic E-state index is 5.02. The van der Waals surface area contributed by atoms with Gasteiger partial charge >= 0.3 is 0 Å². The van der Waals surface area contributed by atoms with Crippen molar-refractivity contribution < 1.29 is 4.74 Å².